The molecule has 27 nitrogen and oxygen atoms in total. The number of allylic oxidation sites excluding steroid dienone is 1. The van der Waals surface area contributed by atoms with Crippen LogP contribution in [0.5, 0.6) is 0 Å². The minimum absolute atomic E-state index is 0.0240. The van der Waals surface area contributed by atoms with E-state index < -0.39 is 0 Å². The van der Waals surface area contributed by atoms with Crippen LogP contribution in [0.1, 0.15) is 179 Å². The highest BCUT2D eigenvalue weighted by Crippen LogP contribution is 2.39. The molecule has 0 aromatic carbocycles. The van der Waals surface area contributed by atoms with Crippen molar-refractivity contribution in [2.75, 3.05) is 60.9 Å². The Morgan fingerprint density at radius 2 is 0.902 bits per heavy atom. The Labute approximate surface area is 614 Å². The highest BCUT2D eigenvalue weighted by Gasteiger charge is 2.34. The van der Waals surface area contributed by atoms with Crippen molar-refractivity contribution in [1.29, 1.82) is 0 Å². The van der Waals surface area contributed by atoms with E-state index in [-0.39, 0.29) is 104 Å². The second-order valence-electron chi connectivity index (χ2n) is 28.3. The van der Waals surface area contributed by atoms with Crippen LogP contribution in [0.25, 0.3) is 44.7 Å². The second kappa shape index (κ2) is 36.3. The van der Waals surface area contributed by atoms with Crippen molar-refractivity contribution in [2.45, 2.75) is 220 Å². The summed E-state index contributed by atoms with van der Waals surface area (Å²) in [5.74, 6) is 0.912. The van der Waals surface area contributed by atoms with Crippen LogP contribution in [0.15, 0.2) is 61.2 Å². The molecule has 1 atom stereocenters. The lowest BCUT2D eigenvalue weighted by atomic mass is 9.93. The van der Waals surface area contributed by atoms with Crippen LogP contribution < -0.4 is 21.3 Å². The third kappa shape index (κ3) is 24.3. The number of anilines is 4. The number of carbonyl (C=O) groups is 5. The fourth-order valence-electron chi connectivity index (χ4n) is 10.9. The molecule has 3 fully saturated rings. The molecule has 554 valence electrons. The smallest absolute Gasteiger partial charge is 0.308 e. The Balaban J connectivity index is 0.000000174. The Kier molecular flexibility index (Phi) is 28.5. The molecule has 4 N–H and O–H groups in total. The van der Waals surface area contributed by atoms with E-state index in [1.807, 2.05) is 90.5 Å². The van der Waals surface area contributed by atoms with Gasteiger partial charge in [-0.1, -0.05) is 52.5 Å². The lowest BCUT2D eigenvalue weighted by Gasteiger charge is -2.28. The van der Waals surface area contributed by atoms with Gasteiger partial charge in [0.25, 0.3) is 0 Å². The maximum Gasteiger partial charge on any atom is 0.308 e. The van der Waals surface area contributed by atoms with Gasteiger partial charge in [-0.05, 0) is 183 Å². The summed E-state index contributed by atoms with van der Waals surface area (Å²) in [6, 6.07) is 14.5. The van der Waals surface area contributed by atoms with Crippen molar-refractivity contribution in [3.63, 3.8) is 0 Å². The number of nitrogens with one attached hydrogen (secondary N) is 4. The number of carbonyl (C=O) groups excluding carboxylic acids is 5. The predicted molar refractivity (Wildman–Crippen MR) is 396 cm³/mol. The number of rotatable bonds is 26. The highest BCUT2D eigenvalue weighted by molar-refractivity contribution is 6.30. The quantitative estimate of drug-likeness (QED) is 0.0169. The summed E-state index contributed by atoms with van der Waals surface area (Å²) < 4.78 is 40.6. The third-order valence-electron chi connectivity index (χ3n) is 16.1. The molecule has 9 heterocycles. The summed E-state index contributed by atoms with van der Waals surface area (Å²) in [5.41, 5.74) is 4.27. The maximum absolute atomic E-state index is 12.5. The zero-order chi connectivity index (χ0) is 74.1. The standard InChI is InChI=1S/C22H33ClN4O5.C18H23ClN4O2.C16H21ClN4O2.C15H19ClN4O2/c1-21(2,3)31-12-9-17(28)26-20-24-15-7-8-16(23)25-19(15)27(20)11-14-30-18(29)10-13-32-22(4,5)6;1-18(2)9-8-12(25-18)10-15(24)22-17-20-13-6-7-14(19)21-16(13)23(17)11-4-3-5-11;1-5-9-21-14-11(6-7-12(17)19-14)18-15(21)20-13(22)8-10-23-16(2,3)4;1-2-22-9-8-13(21)19-15-17-11-6-7-12(16)18-14(11)20(15)10-4-3-5-10/h7-8H,9-14H2,1-6H3,(H,24,26,28);6-7,11-12H,3-5,8-10H2,1-2H3,(H,20,22,24);5-7H,1,8-10H2,2-4H3,(H,18,20,22);6-7,10H,2-5,8-9H2,1H3,(H,17,19,21)/t;12-;;/m.1../s1. The fraction of sp³-hybridized carbons (Fsp3) is 0.563. The molecule has 0 spiro atoms. The van der Waals surface area contributed by atoms with Crippen LogP contribution in [0.4, 0.5) is 23.8 Å². The number of hydrogen-bond acceptors (Lipinski definition) is 19. The Bertz CT molecular complexity index is 4200. The second-order valence-corrected chi connectivity index (χ2v) is 29.9. The number of ether oxygens (including phenoxy) is 6. The summed E-state index contributed by atoms with van der Waals surface area (Å²) >= 11 is 24.0. The van der Waals surface area contributed by atoms with Crippen LogP contribution in [-0.2, 0) is 65.5 Å². The molecule has 0 unspecified atom stereocenters. The summed E-state index contributed by atoms with van der Waals surface area (Å²) in [7, 11) is 0. The number of imidazole rings is 4. The first-order valence-electron chi connectivity index (χ1n) is 34.5. The average Bonchev–Trinajstić information content (AvgIpc) is 1.64. The van der Waals surface area contributed by atoms with Crippen LogP contribution in [-0.4, -0.2) is 156 Å². The van der Waals surface area contributed by atoms with Gasteiger partial charge in [0.15, 0.2) is 22.6 Å². The zero-order valence-corrected chi connectivity index (χ0v) is 63.4. The minimum atomic E-state index is -0.366. The molecule has 0 radical (unpaired) electrons. The molecule has 102 heavy (non-hydrogen) atoms. The van der Waals surface area contributed by atoms with Crippen LogP contribution in [0.3, 0.4) is 0 Å². The number of pyridine rings is 4. The van der Waals surface area contributed by atoms with Gasteiger partial charge in [0, 0.05) is 25.2 Å². The SMILES string of the molecule is C=CCn1c(NC(=O)CCOC(C)(C)C)nc2ccc(Cl)nc21.CC(C)(C)OCCC(=O)Nc1nc2ccc(Cl)nc2n1CCOC(=O)CCOC(C)(C)C.CC1(C)CC[C@H](CC(=O)Nc2nc3ccc(Cl)nc3n2C2CCC2)O1.CCOCCC(=O)Nc1nc2ccc(Cl)nc2n1C1CCC1. The first kappa shape index (κ1) is 80.2. The van der Waals surface area contributed by atoms with Gasteiger partial charge in [-0.15, -0.1) is 6.58 Å². The van der Waals surface area contributed by atoms with Gasteiger partial charge < -0.3 is 28.4 Å². The van der Waals surface area contributed by atoms with E-state index in [9.17, 15) is 24.0 Å². The van der Waals surface area contributed by atoms with E-state index in [0.717, 1.165) is 60.9 Å². The molecule has 1 aliphatic heterocycles. The number of nitrogens with zero attached hydrogens (tertiary/aromatic N) is 12. The molecule has 11 rings (SSSR count). The maximum atomic E-state index is 12.5. The number of esters is 1. The molecular weight excluding hydrogens is 1390 g/mol. The number of halogens is 4. The molecular formula is C71H96Cl4N16O11. The van der Waals surface area contributed by atoms with Crippen LogP contribution in [0, 0.1) is 0 Å². The monoisotopic (exact) mass is 1490 g/mol. The van der Waals surface area contributed by atoms with Gasteiger partial charge in [0.1, 0.15) is 49.3 Å². The van der Waals surface area contributed by atoms with Crippen LogP contribution >= 0.6 is 46.4 Å². The third-order valence-corrected chi connectivity index (χ3v) is 17.0. The fourth-order valence-corrected chi connectivity index (χ4v) is 11.4. The number of fused-ring (bicyclic) bond motifs is 4. The van der Waals surface area contributed by atoms with Crippen molar-refractivity contribution >= 4 is 144 Å². The molecule has 1 saturated heterocycles. The normalized spacial score (nSPS) is 15.3. The predicted octanol–water partition coefficient (Wildman–Crippen LogP) is 14.7. The highest BCUT2D eigenvalue weighted by atomic mass is 35.5. The molecule has 8 aromatic rings. The van der Waals surface area contributed by atoms with Gasteiger partial charge in [0.2, 0.25) is 47.4 Å². The van der Waals surface area contributed by atoms with Crippen molar-refractivity contribution in [1.82, 2.24) is 58.1 Å². The summed E-state index contributed by atoms with van der Waals surface area (Å²) in [6.45, 7) is 29.9. The number of aromatic nitrogens is 12. The van der Waals surface area contributed by atoms with Crippen molar-refractivity contribution in [2.24, 2.45) is 0 Å². The molecule has 2 aliphatic carbocycles. The van der Waals surface area contributed by atoms with E-state index in [0.29, 0.717) is 118 Å². The Morgan fingerprint density at radius 1 is 0.520 bits per heavy atom. The number of hydrogen-bond donors (Lipinski definition) is 4. The largest absolute Gasteiger partial charge is 0.464 e. The van der Waals surface area contributed by atoms with Gasteiger partial charge in [-0.25, -0.2) is 39.9 Å². The van der Waals surface area contributed by atoms with Gasteiger partial charge >= 0.3 is 5.97 Å². The van der Waals surface area contributed by atoms with E-state index in [2.05, 4.69) is 81.6 Å². The first-order valence-corrected chi connectivity index (χ1v) is 36.0. The molecule has 3 aliphatic rings. The number of amides is 4. The van der Waals surface area contributed by atoms with Gasteiger partial charge in [0.05, 0.1) is 93.6 Å². The lowest BCUT2D eigenvalue weighted by molar-refractivity contribution is -0.146. The molecule has 4 amide bonds. The van der Waals surface area contributed by atoms with Crippen molar-refractivity contribution in [3.8, 4) is 0 Å². The summed E-state index contributed by atoms with van der Waals surface area (Å²) in [4.78, 5) is 96.2. The molecule has 31 heteroatoms. The van der Waals surface area contributed by atoms with Gasteiger partial charge in [-0.3, -0.25) is 63.5 Å². The lowest BCUT2D eigenvalue weighted by Crippen LogP contribution is -2.26. The first-order chi connectivity index (χ1) is 48.2. The molecule has 2 saturated carbocycles. The van der Waals surface area contributed by atoms with E-state index in [1.165, 1.54) is 12.8 Å². The van der Waals surface area contributed by atoms with E-state index in [1.54, 1.807) is 51.6 Å². The minimum Gasteiger partial charge on any atom is -0.464 e. The van der Waals surface area contributed by atoms with E-state index in [4.69, 9.17) is 74.8 Å². The topological polar surface area (TPSA) is 312 Å². The average molecular weight is 1490 g/mol. The summed E-state index contributed by atoms with van der Waals surface area (Å²) in [5, 5.41) is 13.0. The van der Waals surface area contributed by atoms with Gasteiger partial charge in [-0.2, -0.15) is 0 Å². The Morgan fingerprint density at radius 3 is 1.30 bits per heavy atom. The molecule has 8 aromatic heterocycles. The summed E-state index contributed by atoms with van der Waals surface area (Å²) in [6.07, 6.45) is 11.5. The van der Waals surface area contributed by atoms with Crippen LogP contribution in [0.2, 0.25) is 20.6 Å². The zero-order valence-electron chi connectivity index (χ0n) is 60.4. The van der Waals surface area contributed by atoms with E-state index >= 15 is 0 Å². The Hall–Kier alpha value is -7.47. The van der Waals surface area contributed by atoms with Crippen molar-refractivity contribution in [3.05, 3.63) is 81.8 Å². The molecule has 0 bridgehead atoms. The van der Waals surface area contributed by atoms with Crippen molar-refractivity contribution < 1.29 is 52.4 Å².